The van der Waals surface area contributed by atoms with Crippen LogP contribution in [-0.4, -0.2) is 51.5 Å². The van der Waals surface area contributed by atoms with Crippen LogP contribution in [0, 0.1) is 0 Å². The molecule has 0 fully saturated rings. The summed E-state index contributed by atoms with van der Waals surface area (Å²) in [7, 11) is 1.73. The van der Waals surface area contributed by atoms with Gasteiger partial charge >= 0.3 is 0 Å². The first-order chi connectivity index (χ1) is 15.9. The Morgan fingerprint density at radius 1 is 1.39 bits per heavy atom. The van der Waals surface area contributed by atoms with Crippen molar-refractivity contribution < 1.29 is 9.53 Å². The second-order valence-electron chi connectivity index (χ2n) is 7.44. The summed E-state index contributed by atoms with van der Waals surface area (Å²) in [5.74, 6) is 0.941. The molecule has 1 aliphatic rings. The number of allylic oxidation sites excluding steroid dienone is 2. The van der Waals surface area contributed by atoms with Crippen LogP contribution in [0.5, 0.6) is 0 Å². The SMILES string of the molecule is C=C/C=C(\N=C)n1cc2cc(c1=O)Nc1cc(NC)n3ncc(c3n1)C(=O)NC(C)COC2. The first-order valence-corrected chi connectivity index (χ1v) is 10.2. The highest BCUT2D eigenvalue weighted by Crippen LogP contribution is 2.22. The number of carbonyl (C=O) groups is 1. The van der Waals surface area contributed by atoms with Crippen molar-refractivity contribution in [3.63, 3.8) is 0 Å². The molecule has 170 valence electrons. The van der Waals surface area contributed by atoms with E-state index in [1.54, 1.807) is 31.5 Å². The number of carbonyl (C=O) groups excluding carboxylic acids is 1. The van der Waals surface area contributed by atoms with Crippen molar-refractivity contribution in [2.24, 2.45) is 4.99 Å². The molecule has 0 saturated carbocycles. The number of aromatic nitrogens is 4. The highest BCUT2D eigenvalue weighted by molar-refractivity contribution is 6.00. The predicted molar refractivity (Wildman–Crippen MR) is 127 cm³/mol. The molecule has 0 spiro atoms. The van der Waals surface area contributed by atoms with Gasteiger partial charge in [0, 0.05) is 25.4 Å². The van der Waals surface area contributed by atoms with Crippen LogP contribution >= 0.6 is 0 Å². The summed E-state index contributed by atoms with van der Waals surface area (Å²) >= 11 is 0. The second kappa shape index (κ2) is 9.09. The van der Waals surface area contributed by atoms with Gasteiger partial charge in [0.25, 0.3) is 11.5 Å². The quantitative estimate of drug-likeness (QED) is 0.412. The Kier molecular flexibility index (Phi) is 6.05. The highest BCUT2D eigenvalue weighted by atomic mass is 16.5. The molecule has 1 atom stereocenters. The van der Waals surface area contributed by atoms with E-state index in [1.807, 2.05) is 6.92 Å². The smallest absolute Gasteiger partial charge is 0.280 e. The van der Waals surface area contributed by atoms with Gasteiger partial charge in [0.05, 0.1) is 19.4 Å². The average molecular weight is 448 g/mol. The minimum Gasteiger partial charge on any atom is -0.375 e. The molecule has 4 heterocycles. The third-order valence-corrected chi connectivity index (χ3v) is 5.00. The second-order valence-corrected chi connectivity index (χ2v) is 7.44. The number of fused-ring (bicyclic) bond motifs is 3. The normalized spacial score (nSPS) is 16.6. The third kappa shape index (κ3) is 4.26. The fraction of sp³-hybridized carbons (Fsp3) is 0.227. The minimum atomic E-state index is -0.362. The van der Waals surface area contributed by atoms with Crippen molar-refractivity contribution >= 4 is 41.4 Å². The number of aliphatic imine (C=N–C) groups is 1. The van der Waals surface area contributed by atoms with Gasteiger partial charge in [0.15, 0.2) is 5.65 Å². The highest BCUT2D eigenvalue weighted by Gasteiger charge is 2.20. The molecule has 11 nitrogen and oxygen atoms in total. The molecule has 0 aliphatic carbocycles. The van der Waals surface area contributed by atoms with E-state index in [2.05, 4.69) is 44.3 Å². The van der Waals surface area contributed by atoms with Gasteiger partial charge in [-0.05, 0) is 31.3 Å². The summed E-state index contributed by atoms with van der Waals surface area (Å²) in [5, 5.41) is 13.3. The zero-order valence-electron chi connectivity index (χ0n) is 18.3. The van der Waals surface area contributed by atoms with Crippen LogP contribution < -0.4 is 21.5 Å². The van der Waals surface area contributed by atoms with E-state index in [9.17, 15) is 9.59 Å². The molecular weight excluding hydrogens is 424 g/mol. The van der Waals surface area contributed by atoms with Crippen LogP contribution in [0.25, 0.3) is 11.5 Å². The van der Waals surface area contributed by atoms with Gasteiger partial charge in [-0.25, -0.2) is 9.98 Å². The van der Waals surface area contributed by atoms with Gasteiger partial charge < -0.3 is 20.7 Å². The van der Waals surface area contributed by atoms with Gasteiger partial charge in [-0.1, -0.05) is 12.7 Å². The summed E-state index contributed by atoms with van der Waals surface area (Å²) in [5.41, 5.74) is 1.25. The van der Waals surface area contributed by atoms with Gasteiger partial charge in [-0.2, -0.15) is 9.61 Å². The average Bonchev–Trinajstić information content (AvgIpc) is 3.22. The summed E-state index contributed by atoms with van der Waals surface area (Å²) < 4.78 is 8.69. The van der Waals surface area contributed by atoms with Crippen LogP contribution in [0.4, 0.5) is 17.3 Å². The molecule has 11 heteroatoms. The maximum Gasteiger partial charge on any atom is 0.280 e. The Morgan fingerprint density at radius 3 is 2.94 bits per heavy atom. The molecule has 33 heavy (non-hydrogen) atoms. The first kappa shape index (κ1) is 22.0. The number of pyridine rings is 1. The Balaban J connectivity index is 1.93. The van der Waals surface area contributed by atoms with Crippen molar-refractivity contribution in [2.75, 3.05) is 24.3 Å². The maximum absolute atomic E-state index is 13.3. The lowest BCUT2D eigenvalue weighted by Crippen LogP contribution is -2.36. The molecule has 4 rings (SSSR count). The van der Waals surface area contributed by atoms with Crippen LogP contribution in [-0.2, 0) is 11.3 Å². The Hall–Kier alpha value is -4.25. The zero-order chi connectivity index (χ0) is 23.5. The monoisotopic (exact) mass is 448 g/mol. The summed E-state index contributed by atoms with van der Waals surface area (Å²) in [6.45, 7) is 9.54. The number of ether oxygens (including phenoxy) is 1. The van der Waals surface area contributed by atoms with E-state index in [1.165, 1.54) is 21.4 Å². The molecule has 3 aromatic heterocycles. The summed E-state index contributed by atoms with van der Waals surface area (Å²) in [4.78, 5) is 34.6. The van der Waals surface area contributed by atoms with Crippen molar-refractivity contribution in [1.29, 1.82) is 0 Å². The summed E-state index contributed by atoms with van der Waals surface area (Å²) in [6, 6.07) is 3.12. The standard InChI is InChI=1S/C22H24N8O3/c1-5-6-18(23-3)29-10-14-7-16(22(29)32)27-17-8-19(24-4)30-20(28-17)15(9-25-30)21(31)26-13(2)11-33-12-14/h5-10,13,24H,1,3,11-12H2,2,4H3,(H,26,31)(H,27,28)/b18-6+. The third-order valence-electron chi connectivity index (χ3n) is 5.00. The Labute approximate surface area is 189 Å². The first-order valence-electron chi connectivity index (χ1n) is 10.2. The number of amides is 1. The van der Waals surface area contributed by atoms with Crippen LogP contribution in [0.15, 0.2) is 53.0 Å². The number of hydrogen-bond donors (Lipinski definition) is 3. The topological polar surface area (TPSA) is 127 Å². The largest absolute Gasteiger partial charge is 0.375 e. The van der Waals surface area contributed by atoms with Gasteiger partial charge in [0.1, 0.15) is 28.7 Å². The van der Waals surface area contributed by atoms with Crippen LogP contribution in [0.1, 0.15) is 22.8 Å². The molecule has 3 N–H and O–H groups in total. The molecular formula is C22H24N8O3. The molecule has 1 amide bonds. The lowest BCUT2D eigenvalue weighted by atomic mass is 10.2. The number of nitrogens with zero attached hydrogens (tertiary/aromatic N) is 5. The number of rotatable bonds is 4. The lowest BCUT2D eigenvalue weighted by molar-refractivity contribution is 0.0820. The zero-order valence-corrected chi connectivity index (χ0v) is 18.3. The molecule has 1 aliphatic heterocycles. The Morgan fingerprint density at radius 2 is 2.21 bits per heavy atom. The van der Waals surface area contributed by atoms with E-state index in [0.717, 1.165) is 0 Å². The van der Waals surface area contributed by atoms with E-state index < -0.39 is 0 Å². The molecule has 1 unspecified atom stereocenters. The maximum atomic E-state index is 13.3. The molecule has 4 bridgehead atoms. The fourth-order valence-electron chi connectivity index (χ4n) is 3.49. The predicted octanol–water partition coefficient (Wildman–Crippen LogP) is 2.01. The van der Waals surface area contributed by atoms with E-state index in [4.69, 9.17) is 4.74 Å². The van der Waals surface area contributed by atoms with Crippen molar-refractivity contribution in [1.82, 2.24) is 24.5 Å². The molecule has 0 radical (unpaired) electrons. The minimum absolute atomic E-state index is 0.209. The van der Waals surface area contributed by atoms with Gasteiger partial charge in [-0.3, -0.25) is 14.2 Å². The van der Waals surface area contributed by atoms with Crippen molar-refractivity contribution in [3.8, 4) is 0 Å². The van der Waals surface area contributed by atoms with Gasteiger partial charge in [-0.15, -0.1) is 0 Å². The molecule has 3 aromatic rings. The van der Waals surface area contributed by atoms with E-state index in [0.29, 0.717) is 34.2 Å². The van der Waals surface area contributed by atoms with Crippen molar-refractivity contribution in [3.05, 3.63) is 64.7 Å². The van der Waals surface area contributed by atoms with E-state index in [-0.39, 0.29) is 36.4 Å². The van der Waals surface area contributed by atoms with Crippen LogP contribution in [0.3, 0.4) is 0 Å². The van der Waals surface area contributed by atoms with Gasteiger partial charge in [0.2, 0.25) is 0 Å². The van der Waals surface area contributed by atoms with Crippen LogP contribution in [0.2, 0.25) is 0 Å². The molecule has 0 saturated heterocycles. The number of anilines is 3. The van der Waals surface area contributed by atoms with Crippen molar-refractivity contribution in [2.45, 2.75) is 19.6 Å². The lowest BCUT2D eigenvalue weighted by Gasteiger charge is -2.17. The molecule has 0 aromatic carbocycles. The van der Waals surface area contributed by atoms with E-state index >= 15 is 0 Å². The number of nitrogens with one attached hydrogen (secondary N) is 3. The summed E-state index contributed by atoms with van der Waals surface area (Å²) in [6.07, 6.45) is 6.20. The number of hydrogen-bond acceptors (Lipinski definition) is 8. The Bertz CT molecular complexity index is 1340. The fourth-order valence-corrected chi connectivity index (χ4v) is 3.49.